The monoisotopic (exact) mass is 246 g/mol. The molecule has 0 unspecified atom stereocenters. The molecule has 18 heavy (non-hydrogen) atoms. The molecule has 0 atom stereocenters. The van der Waals surface area contributed by atoms with Crippen molar-refractivity contribution in [3.8, 4) is 0 Å². The number of aryl methyl sites for hydroxylation is 1. The number of aromatic nitrogens is 1. The van der Waals surface area contributed by atoms with Gasteiger partial charge in [-0.3, -0.25) is 9.88 Å². The lowest BCUT2D eigenvalue weighted by Crippen LogP contribution is -2.47. The molecular formula is C14H22N4. The molecular weight excluding hydrogens is 224 g/mol. The van der Waals surface area contributed by atoms with Crippen LogP contribution < -0.4 is 10.6 Å². The third-order valence-electron chi connectivity index (χ3n) is 4.04. The first kappa shape index (κ1) is 11.9. The molecule has 0 spiro atoms. The second-order valence-corrected chi connectivity index (χ2v) is 5.41. The van der Waals surface area contributed by atoms with Gasteiger partial charge in [0.15, 0.2) is 0 Å². The summed E-state index contributed by atoms with van der Waals surface area (Å²) in [4.78, 5) is 9.44. The number of rotatable bonds is 3. The van der Waals surface area contributed by atoms with Crippen LogP contribution in [0.5, 0.6) is 0 Å². The van der Waals surface area contributed by atoms with E-state index < -0.39 is 0 Å². The quantitative estimate of drug-likeness (QED) is 0.868. The van der Waals surface area contributed by atoms with Crippen LogP contribution in [0.4, 0.5) is 5.69 Å². The van der Waals surface area contributed by atoms with Crippen molar-refractivity contribution < 1.29 is 0 Å². The second kappa shape index (κ2) is 4.86. The Bertz CT molecular complexity index is 420. The summed E-state index contributed by atoms with van der Waals surface area (Å²) in [7, 11) is 0. The number of piperazine rings is 1. The van der Waals surface area contributed by atoms with E-state index in [9.17, 15) is 0 Å². The molecule has 0 aromatic carbocycles. The Balaban J connectivity index is 1.72. The number of pyridine rings is 1. The van der Waals surface area contributed by atoms with Crippen LogP contribution in [-0.4, -0.2) is 42.1 Å². The van der Waals surface area contributed by atoms with Gasteiger partial charge in [-0.2, -0.15) is 0 Å². The molecule has 2 aliphatic rings. The van der Waals surface area contributed by atoms with E-state index in [2.05, 4.69) is 20.9 Å². The first-order valence-corrected chi connectivity index (χ1v) is 6.92. The van der Waals surface area contributed by atoms with Gasteiger partial charge >= 0.3 is 0 Å². The zero-order valence-corrected chi connectivity index (χ0v) is 11.1. The molecule has 1 saturated heterocycles. The van der Waals surface area contributed by atoms with Gasteiger partial charge in [0.05, 0.1) is 0 Å². The van der Waals surface area contributed by atoms with Crippen LogP contribution >= 0.6 is 0 Å². The van der Waals surface area contributed by atoms with Crippen LogP contribution in [0.15, 0.2) is 12.3 Å². The minimum Gasteiger partial charge on any atom is -0.369 e. The number of nitrogens with two attached hydrogens (primary N) is 1. The highest BCUT2D eigenvalue weighted by Gasteiger charge is 2.31. The van der Waals surface area contributed by atoms with E-state index in [1.807, 2.05) is 13.1 Å². The molecule has 2 heterocycles. The van der Waals surface area contributed by atoms with Crippen molar-refractivity contribution >= 4 is 5.69 Å². The first-order chi connectivity index (χ1) is 8.78. The van der Waals surface area contributed by atoms with Crippen LogP contribution in [0.25, 0.3) is 0 Å². The van der Waals surface area contributed by atoms with Crippen molar-refractivity contribution in [1.82, 2.24) is 9.88 Å². The van der Waals surface area contributed by atoms with Crippen LogP contribution in [0.2, 0.25) is 0 Å². The van der Waals surface area contributed by atoms with Crippen molar-refractivity contribution in [2.45, 2.75) is 32.4 Å². The topological polar surface area (TPSA) is 45.4 Å². The van der Waals surface area contributed by atoms with Crippen molar-refractivity contribution in [3.05, 3.63) is 23.5 Å². The summed E-state index contributed by atoms with van der Waals surface area (Å²) in [6, 6.07) is 3.06. The van der Waals surface area contributed by atoms with E-state index in [1.54, 1.807) is 0 Å². The Kier molecular flexibility index (Phi) is 3.22. The molecule has 0 radical (unpaired) electrons. The lowest BCUT2D eigenvalue weighted by molar-refractivity contribution is 0.248. The van der Waals surface area contributed by atoms with Gasteiger partial charge < -0.3 is 10.6 Å². The van der Waals surface area contributed by atoms with Crippen molar-refractivity contribution in [1.29, 1.82) is 0 Å². The summed E-state index contributed by atoms with van der Waals surface area (Å²) >= 11 is 0. The van der Waals surface area contributed by atoms with Crippen LogP contribution in [0.3, 0.4) is 0 Å². The summed E-state index contributed by atoms with van der Waals surface area (Å²) in [6.07, 6.45) is 4.74. The second-order valence-electron chi connectivity index (χ2n) is 5.41. The number of anilines is 1. The van der Waals surface area contributed by atoms with E-state index >= 15 is 0 Å². The van der Waals surface area contributed by atoms with Gasteiger partial charge in [-0.1, -0.05) is 0 Å². The highest BCUT2D eigenvalue weighted by Crippen LogP contribution is 2.29. The van der Waals surface area contributed by atoms with Gasteiger partial charge in [0.1, 0.15) is 0 Å². The maximum Gasteiger partial charge on any atom is 0.0446 e. The summed E-state index contributed by atoms with van der Waals surface area (Å²) < 4.78 is 0. The maximum atomic E-state index is 5.82. The SMILES string of the molecule is Cc1cc(N2CCN(C3CC3)CC2)c(CN)cn1. The van der Waals surface area contributed by atoms with Crippen LogP contribution in [0.1, 0.15) is 24.1 Å². The first-order valence-electron chi connectivity index (χ1n) is 6.92. The van der Waals surface area contributed by atoms with Gasteiger partial charge in [-0.25, -0.2) is 0 Å². The Labute approximate surface area is 109 Å². The molecule has 0 bridgehead atoms. The minimum absolute atomic E-state index is 0.575. The Morgan fingerprint density at radius 3 is 2.61 bits per heavy atom. The summed E-state index contributed by atoms with van der Waals surface area (Å²) in [6.45, 7) is 7.24. The molecule has 1 aromatic heterocycles. The van der Waals surface area contributed by atoms with Gasteiger partial charge in [-0.05, 0) is 25.8 Å². The highest BCUT2D eigenvalue weighted by atomic mass is 15.3. The van der Waals surface area contributed by atoms with Crippen LogP contribution in [-0.2, 0) is 6.54 Å². The molecule has 0 amide bonds. The number of hydrogen-bond donors (Lipinski definition) is 1. The third kappa shape index (κ3) is 2.35. The van der Waals surface area contributed by atoms with E-state index in [1.165, 1.54) is 37.2 Å². The molecule has 4 nitrogen and oxygen atoms in total. The van der Waals surface area contributed by atoms with E-state index in [0.29, 0.717) is 6.54 Å². The van der Waals surface area contributed by atoms with Gasteiger partial charge in [0.2, 0.25) is 0 Å². The lowest BCUT2D eigenvalue weighted by atomic mass is 10.1. The fraction of sp³-hybridized carbons (Fsp3) is 0.643. The average Bonchev–Trinajstić information content (AvgIpc) is 3.23. The molecule has 1 aromatic rings. The molecule has 1 aliphatic carbocycles. The van der Waals surface area contributed by atoms with Gasteiger partial charge in [0.25, 0.3) is 0 Å². The molecule has 3 rings (SSSR count). The fourth-order valence-corrected chi connectivity index (χ4v) is 2.79. The Hall–Kier alpha value is -1.13. The molecule has 98 valence electrons. The lowest BCUT2D eigenvalue weighted by Gasteiger charge is -2.37. The largest absolute Gasteiger partial charge is 0.369 e. The minimum atomic E-state index is 0.575. The normalized spacial score (nSPS) is 21.3. The van der Waals surface area contributed by atoms with Gasteiger partial charge in [0, 0.05) is 61.9 Å². The zero-order valence-electron chi connectivity index (χ0n) is 11.1. The summed E-state index contributed by atoms with van der Waals surface area (Å²) in [5.41, 5.74) is 9.35. The molecule has 2 fully saturated rings. The number of nitrogens with zero attached hydrogens (tertiary/aromatic N) is 3. The molecule has 4 heteroatoms. The predicted octanol–water partition coefficient (Wildman–Crippen LogP) is 1.13. The van der Waals surface area contributed by atoms with E-state index in [0.717, 1.165) is 24.8 Å². The van der Waals surface area contributed by atoms with Crippen molar-refractivity contribution in [2.75, 3.05) is 31.1 Å². The number of hydrogen-bond acceptors (Lipinski definition) is 4. The fourth-order valence-electron chi connectivity index (χ4n) is 2.79. The smallest absolute Gasteiger partial charge is 0.0446 e. The molecule has 1 saturated carbocycles. The van der Waals surface area contributed by atoms with Crippen LogP contribution in [0, 0.1) is 6.92 Å². The summed E-state index contributed by atoms with van der Waals surface area (Å²) in [5.74, 6) is 0. The van der Waals surface area contributed by atoms with Crippen molar-refractivity contribution in [2.24, 2.45) is 5.73 Å². The standard InChI is InChI=1S/C14H22N4/c1-11-8-14(12(9-15)10-16-11)18-6-4-17(5-7-18)13-2-3-13/h8,10,13H,2-7,9,15H2,1H3. The third-order valence-corrected chi connectivity index (χ3v) is 4.04. The van der Waals surface area contributed by atoms with E-state index in [-0.39, 0.29) is 0 Å². The Morgan fingerprint density at radius 2 is 2.00 bits per heavy atom. The van der Waals surface area contributed by atoms with Gasteiger partial charge in [-0.15, -0.1) is 0 Å². The zero-order chi connectivity index (χ0) is 12.5. The maximum absolute atomic E-state index is 5.82. The Morgan fingerprint density at radius 1 is 1.28 bits per heavy atom. The van der Waals surface area contributed by atoms with Crippen molar-refractivity contribution in [3.63, 3.8) is 0 Å². The predicted molar refractivity (Wildman–Crippen MR) is 73.7 cm³/mol. The van der Waals surface area contributed by atoms with E-state index in [4.69, 9.17) is 5.73 Å². The summed E-state index contributed by atoms with van der Waals surface area (Å²) in [5, 5.41) is 0. The average molecular weight is 246 g/mol. The molecule has 2 N–H and O–H groups in total. The highest BCUT2D eigenvalue weighted by molar-refractivity contribution is 5.54. The molecule has 1 aliphatic heterocycles.